The summed E-state index contributed by atoms with van der Waals surface area (Å²) in [6, 6.07) is 9.85. The van der Waals surface area contributed by atoms with Gasteiger partial charge in [-0.25, -0.2) is 17.6 Å². The second-order valence-corrected chi connectivity index (χ2v) is 9.15. The maximum Gasteiger partial charge on any atom is 0.159 e. The molecule has 0 atom stereocenters. The predicted octanol–water partition coefficient (Wildman–Crippen LogP) is 8.65. The van der Waals surface area contributed by atoms with E-state index in [1.807, 2.05) is 0 Å². The van der Waals surface area contributed by atoms with Crippen LogP contribution in [0.3, 0.4) is 0 Å². The molecule has 0 spiro atoms. The van der Waals surface area contributed by atoms with Gasteiger partial charge in [-0.05, 0) is 90.3 Å². The van der Waals surface area contributed by atoms with E-state index >= 15 is 0 Å². The Hall–Kier alpha value is -2.80. The van der Waals surface area contributed by atoms with Gasteiger partial charge in [-0.3, -0.25) is 0 Å². The molecular formula is C29H28F4. The Bertz CT molecular complexity index is 1170. The van der Waals surface area contributed by atoms with Crippen LogP contribution in [0, 0.1) is 41.0 Å². The first-order valence-corrected chi connectivity index (χ1v) is 11.8. The van der Waals surface area contributed by atoms with E-state index in [0.717, 1.165) is 43.7 Å². The van der Waals surface area contributed by atoms with Crippen molar-refractivity contribution in [1.29, 1.82) is 0 Å². The van der Waals surface area contributed by atoms with Gasteiger partial charge < -0.3 is 0 Å². The molecule has 3 aromatic rings. The Morgan fingerprint density at radius 3 is 2.06 bits per heavy atom. The molecule has 1 saturated carbocycles. The first kappa shape index (κ1) is 23.4. The minimum atomic E-state index is -0.949. The zero-order valence-corrected chi connectivity index (χ0v) is 18.9. The van der Waals surface area contributed by atoms with Crippen molar-refractivity contribution in [2.24, 2.45) is 5.92 Å². The van der Waals surface area contributed by atoms with E-state index < -0.39 is 23.3 Å². The molecule has 1 aliphatic rings. The van der Waals surface area contributed by atoms with Gasteiger partial charge in [-0.15, -0.1) is 0 Å². The van der Waals surface area contributed by atoms with Gasteiger partial charge in [-0.2, -0.15) is 0 Å². The molecule has 1 fully saturated rings. The second kappa shape index (κ2) is 10.4. The van der Waals surface area contributed by atoms with Gasteiger partial charge >= 0.3 is 0 Å². The summed E-state index contributed by atoms with van der Waals surface area (Å²) in [7, 11) is 0. The molecule has 0 aliphatic heterocycles. The average Bonchev–Trinajstić information content (AvgIpc) is 2.80. The highest BCUT2D eigenvalue weighted by molar-refractivity contribution is 5.84. The number of hydrogen-bond donors (Lipinski definition) is 0. The van der Waals surface area contributed by atoms with E-state index in [2.05, 4.69) is 18.8 Å². The molecule has 0 saturated heterocycles. The summed E-state index contributed by atoms with van der Waals surface area (Å²) in [5.41, 5.74) is 0.918. The van der Waals surface area contributed by atoms with Crippen LogP contribution < -0.4 is 0 Å². The number of unbranched alkanes of at least 4 members (excludes halogenated alkanes) is 2. The van der Waals surface area contributed by atoms with E-state index in [4.69, 9.17) is 0 Å². The quantitative estimate of drug-likeness (QED) is 0.206. The number of rotatable bonds is 5. The van der Waals surface area contributed by atoms with Crippen LogP contribution in [0.1, 0.15) is 80.9 Å². The third-order valence-electron chi connectivity index (χ3n) is 6.81. The topological polar surface area (TPSA) is 0 Å². The molecule has 0 amide bonds. The fourth-order valence-corrected chi connectivity index (χ4v) is 4.87. The summed E-state index contributed by atoms with van der Waals surface area (Å²) in [6.45, 7) is 2.21. The Kier molecular flexibility index (Phi) is 7.38. The molecule has 0 aromatic heterocycles. The molecule has 0 N–H and O–H groups in total. The fraction of sp³-hybridized carbons (Fsp3) is 0.379. The van der Waals surface area contributed by atoms with E-state index in [0.29, 0.717) is 21.9 Å². The molecule has 4 heteroatoms. The molecule has 1 aliphatic carbocycles. The summed E-state index contributed by atoms with van der Waals surface area (Å²) in [4.78, 5) is 0. The highest BCUT2D eigenvalue weighted by Gasteiger charge is 2.23. The number of hydrogen-bond acceptors (Lipinski definition) is 0. The summed E-state index contributed by atoms with van der Waals surface area (Å²) in [5, 5.41) is 1.00. The molecule has 33 heavy (non-hydrogen) atoms. The normalized spacial score (nSPS) is 18.2. The maximum absolute atomic E-state index is 14.8. The van der Waals surface area contributed by atoms with Crippen LogP contribution in [0.4, 0.5) is 17.6 Å². The van der Waals surface area contributed by atoms with Crippen LogP contribution in [0.15, 0.2) is 42.5 Å². The Morgan fingerprint density at radius 2 is 1.39 bits per heavy atom. The molecule has 0 unspecified atom stereocenters. The van der Waals surface area contributed by atoms with Crippen molar-refractivity contribution in [3.05, 3.63) is 82.4 Å². The largest absolute Gasteiger partial charge is 0.206 e. The molecule has 3 aromatic carbocycles. The number of halogens is 4. The van der Waals surface area contributed by atoms with Crippen molar-refractivity contribution in [2.45, 2.75) is 64.2 Å². The smallest absolute Gasteiger partial charge is 0.159 e. The van der Waals surface area contributed by atoms with Gasteiger partial charge in [0.25, 0.3) is 0 Å². The lowest BCUT2D eigenvalue weighted by Gasteiger charge is -2.29. The molecule has 0 radical (unpaired) electrons. The molecule has 172 valence electrons. The standard InChI is InChI=1S/C29H28F4/c1-2-3-4-5-19-6-10-21(11-7-19)24-16-26(30)25(27(31)17-24)13-9-20-8-12-22-15-28(32)29(33)18-23(22)14-20/h8,12,14-19,21H,2-7,10-11H2,1H3. The van der Waals surface area contributed by atoms with Crippen molar-refractivity contribution >= 4 is 10.8 Å². The van der Waals surface area contributed by atoms with Crippen LogP contribution in [-0.2, 0) is 0 Å². The number of fused-ring (bicyclic) bond motifs is 1. The third-order valence-corrected chi connectivity index (χ3v) is 6.81. The van der Waals surface area contributed by atoms with E-state index in [9.17, 15) is 17.6 Å². The third kappa shape index (κ3) is 5.58. The van der Waals surface area contributed by atoms with Crippen LogP contribution in [0.2, 0.25) is 0 Å². The molecular weight excluding hydrogens is 424 g/mol. The van der Waals surface area contributed by atoms with Crippen molar-refractivity contribution in [3.8, 4) is 11.8 Å². The van der Waals surface area contributed by atoms with E-state index in [-0.39, 0.29) is 11.5 Å². The lowest BCUT2D eigenvalue weighted by Crippen LogP contribution is -2.14. The van der Waals surface area contributed by atoms with Crippen LogP contribution in [0.25, 0.3) is 10.8 Å². The maximum atomic E-state index is 14.8. The number of benzene rings is 3. The summed E-state index contributed by atoms with van der Waals surface area (Å²) in [5.74, 6) is 3.08. The predicted molar refractivity (Wildman–Crippen MR) is 125 cm³/mol. The molecule has 0 bridgehead atoms. The van der Waals surface area contributed by atoms with Crippen molar-refractivity contribution < 1.29 is 17.6 Å². The van der Waals surface area contributed by atoms with Gasteiger partial charge in [-0.1, -0.05) is 50.5 Å². The van der Waals surface area contributed by atoms with Gasteiger partial charge in [0.05, 0.1) is 5.56 Å². The van der Waals surface area contributed by atoms with Crippen molar-refractivity contribution in [2.75, 3.05) is 0 Å². The lowest BCUT2D eigenvalue weighted by atomic mass is 9.77. The van der Waals surface area contributed by atoms with Crippen LogP contribution in [-0.4, -0.2) is 0 Å². The first-order chi connectivity index (χ1) is 15.9. The minimum absolute atomic E-state index is 0.189. The Labute approximate surface area is 193 Å². The first-order valence-electron chi connectivity index (χ1n) is 11.8. The van der Waals surface area contributed by atoms with Gasteiger partial charge in [0.15, 0.2) is 11.6 Å². The van der Waals surface area contributed by atoms with Crippen molar-refractivity contribution in [3.63, 3.8) is 0 Å². The summed E-state index contributed by atoms with van der Waals surface area (Å²) < 4.78 is 56.4. The van der Waals surface area contributed by atoms with Crippen LogP contribution >= 0.6 is 0 Å². The van der Waals surface area contributed by atoms with Gasteiger partial charge in [0.1, 0.15) is 11.6 Å². The summed E-state index contributed by atoms with van der Waals surface area (Å²) >= 11 is 0. The fourth-order valence-electron chi connectivity index (χ4n) is 4.87. The highest BCUT2D eigenvalue weighted by atomic mass is 19.2. The highest BCUT2D eigenvalue weighted by Crippen LogP contribution is 2.38. The second-order valence-electron chi connectivity index (χ2n) is 9.15. The van der Waals surface area contributed by atoms with E-state index in [1.54, 1.807) is 18.2 Å². The van der Waals surface area contributed by atoms with Crippen LogP contribution in [0.5, 0.6) is 0 Å². The molecule has 0 nitrogen and oxygen atoms in total. The van der Waals surface area contributed by atoms with Gasteiger partial charge in [0.2, 0.25) is 0 Å². The molecule has 4 rings (SSSR count). The lowest BCUT2D eigenvalue weighted by molar-refractivity contribution is 0.302. The van der Waals surface area contributed by atoms with E-state index in [1.165, 1.54) is 37.8 Å². The minimum Gasteiger partial charge on any atom is -0.206 e. The van der Waals surface area contributed by atoms with Gasteiger partial charge in [0, 0.05) is 5.56 Å². The Morgan fingerprint density at radius 1 is 0.727 bits per heavy atom. The average molecular weight is 453 g/mol. The zero-order valence-electron chi connectivity index (χ0n) is 18.9. The molecule has 0 heterocycles. The monoisotopic (exact) mass is 452 g/mol. The SMILES string of the molecule is CCCCCC1CCC(c2cc(F)c(C#Cc3ccc4cc(F)c(F)cc4c3)c(F)c2)CC1. The Balaban J connectivity index is 1.48. The zero-order chi connectivity index (χ0) is 23.4. The summed E-state index contributed by atoms with van der Waals surface area (Å²) in [6.07, 6.45) is 9.19. The van der Waals surface area contributed by atoms with Crippen molar-refractivity contribution in [1.82, 2.24) is 0 Å².